The fourth-order valence-corrected chi connectivity index (χ4v) is 10.6. The lowest BCUT2D eigenvalue weighted by atomic mass is 10.0. The van der Waals surface area contributed by atoms with Gasteiger partial charge in [0.25, 0.3) is 0 Å². The molecule has 11 rings (SSSR count). The molecule has 0 saturated carbocycles. The number of hydrogen-bond donors (Lipinski definition) is 0. The standard InChI is InChI=1S/C52H33NS2/c1-2-9-34(10-3-1)35-17-25-40(26-18-35)53(42-29-21-38(22-30-42)44-14-8-15-47-45-13-6-7-16-49(45)54-51(44)47)41-27-19-36(20-28-41)39-24-31-46-48-32-23-37-11-4-5-12-43(37)52(48)55-50(46)33-39/h1-33H. The highest BCUT2D eigenvalue weighted by molar-refractivity contribution is 7.27. The van der Waals surface area contributed by atoms with Crippen molar-refractivity contribution in [2.45, 2.75) is 0 Å². The van der Waals surface area contributed by atoms with Crippen LogP contribution in [0.3, 0.4) is 0 Å². The summed E-state index contributed by atoms with van der Waals surface area (Å²) in [5.41, 5.74) is 10.7. The molecule has 0 fully saturated rings. The molecule has 9 aromatic carbocycles. The van der Waals surface area contributed by atoms with Gasteiger partial charge in [0.2, 0.25) is 0 Å². The van der Waals surface area contributed by atoms with Crippen LogP contribution in [0.4, 0.5) is 17.1 Å². The molecular weight excluding hydrogens is 703 g/mol. The third-order valence-electron chi connectivity index (χ3n) is 10.9. The van der Waals surface area contributed by atoms with Crippen LogP contribution in [0.15, 0.2) is 200 Å². The summed E-state index contributed by atoms with van der Waals surface area (Å²) in [5.74, 6) is 0. The number of hydrogen-bond acceptors (Lipinski definition) is 3. The molecule has 11 aromatic rings. The maximum absolute atomic E-state index is 2.36. The molecule has 2 aromatic heterocycles. The van der Waals surface area contributed by atoms with Crippen LogP contribution in [0.5, 0.6) is 0 Å². The van der Waals surface area contributed by atoms with Crippen molar-refractivity contribution in [3.63, 3.8) is 0 Å². The molecule has 3 heteroatoms. The predicted molar refractivity (Wildman–Crippen MR) is 241 cm³/mol. The molecule has 0 unspecified atom stereocenters. The second kappa shape index (κ2) is 13.1. The molecule has 0 bridgehead atoms. The van der Waals surface area contributed by atoms with Crippen LogP contribution in [0, 0.1) is 0 Å². The molecule has 0 saturated heterocycles. The molecule has 0 radical (unpaired) electrons. The van der Waals surface area contributed by atoms with Crippen molar-refractivity contribution in [3.05, 3.63) is 200 Å². The van der Waals surface area contributed by atoms with Crippen molar-refractivity contribution < 1.29 is 0 Å². The van der Waals surface area contributed by atoms with Gasteiger partial charge in [-0.2, -0.15) is 0 Å². The number of thiophene rings is 2. The number of benzene rings is 9. The minimum absolute atomic E-state index is 1.12. The lowest BCUT2D eigenvalue weighted by molar-refractivity contribution is 1.28. The van der Waals surface area contributed by atoms with E-state index in [0.717, 1.165) is 17.1 Å². The Balaban J connectivity index is 0.974. The Morgan fingerprint density at radius 3 is 1.55 bits per heavy atom. The first-order valence-corrected chi connectivity index (χ1v) is 20.3. The predicted octanol–water partition coefficient (Wildman–Crippen LogP) is 16.0. The summed E-state index contributed by atoms with van der Waals surface area (Å²) >= 11 is 3.77. The second-order valence-electron chi connectivity index (χ2n) is 14.1. The smallest absolute Gasteiger partial charge is 0.0462 e. The largest absolute Gasteiger partial charge is 0.311 e. The van der Waals surface area contributed by atoms with Crippen LogP contribution in [-0.2, 0) is 0 Å². The first-order valence-electron chi connectivity index (χ1n) is 18.7. The lowest BCUT2D eigenvalue weighted by Crippen LogP contribution is -2.09. The van der Waals surface area contributed by atoms with Gasteiger partial charge < -0.3 is 4.90 Å². The summed E-state index contributed by atoms with van der Waals surface area (Å²) in [6.07, 6.45) is 0. The van der Waals surface area contributed by atoms with Gasteiger partial charge in [-0.15, -0.1) is 22.7 Å². The molecular formula is C52H33NS2. The summed E-state index contributed by atoms with van der Waals surface area (Å²) in [6.45, 7) is 0. The number of fused-ring (bicyclic) bond motifs is 8. The second-order valence-corrected chi connectivity index (χ2v) is 16.2. The van der Waals surface area contributed by atoms with Gasteiger partial charge in [0.05, 0.1) is 0 Å². The molecule has 0 N–H and O–H groups in total. The van der Waals surface area contributed by atoms with Crippen LogP contribution >= 0.6 is 22.7 Å². The Kier molecular flexibility index (Phi) is 7.61. The van der Waals surface area contributed by atoms with Gasteiger partial charge >= 0.3 is 0 Å². The van der Waals surface area contributed by atoms with Gasteiger partial charge in [0, 0.05) is 57.4 Å². The number of rotatable bonds is 6. The number of nitrogens with zero attached hydrogens (tertiary/aromatic N) is 1. The Bertz CT molecular complexity index is 3170. The van der Waals surface area contributed by atoms with Crippen LogP contribution in [0.25, 0.3) is 84.5 Å². The van der Waals surface area contributed by atoms with Gasteiger partial charge in [-0.3, -0.25) is 0 Å². The topological polar surface area (TPSA) is 3.24 Å². The normalized spacial score (nSPS) is 11.6. The van der Waals surface area contributed by atoms with Crippen molar-refractivity contribution >= 4 is 90.9 Å². The highest BCUT2D eigenvalue weighted by atomic mass is 32.1. The van der Waals surface area contributed by atoms with Gasteiger partial charge in [-0.05, 0) is 92.7 Å². The zero-order chi connectivity index (χ0) is 36.3. The van der Waals surface area contributed by atoms with Gasteiger partial charge in [0.1, 0.15) is 0 Å². The average Bonchev–Trinajstić information content (AvgIpc) is 3.83. The molecule has 258 valence electrons. The summed E-state index contributed by atoms with van der Waals surface area (Å²) in [7, 11) is 0. The van der Waals surface area contributed by atoms with Crippen molar-refractivity contribution in [2.75, 3.05) is 4.90 Å². The van der Waals surface area contributed by atoms with E-state index < -0.39 is 0 Å². The van der Waals surface area contributed by atoms with Crippen molar-refractivity contribution in [2.24, 2.45) is 0 Å². The molecule has 0 amide bonds. The summed E-state index contributed by atoms with van der Waals surface area (Å²) in [5, 5.41) is 7.92. The summed E-state index contributed by atoms with van der Waals surface area (Å²) < 4.78 is 5.34. The van der Waals surface area contributed by atoms with E-state index in [2.05, 4.69) is 205 Å². The minimum atomic E-state index is 1.12. The Morgan fingerprint density at radius 2 is 0.800 bits per heavy atom. The van der Waals surface area contributed by atoms with Gasteiger partial charge in [-0.25, -0.2) is 0 Å². The van der Waals surface area contributed by atoms with Crippen LogP contribution < -0.4 is 4.90 Å². The van der Waals surface area contributed by atoms with E-state index in [0.29, 0.717) is 0 Å². The van der Waals surface area contributed by atoms with E-state index in [4.69, 9.17) is 0 Å². The van der Waals surface area contributed by atoms with E-state index in [1.54, 1.807) is 0 Å². The van der Waals surface area contributed by atoms with Crippen LogP contribution in [-0.4, -0.2) is 0 Å². The van der Waals surface area contributed by atoms with Crippen LogP contribution in [0.1, 0.15) is 0 Å². The third kappa shape index (κ3) is 5.51. The van der Waals surface area contributed by atoms with Crippen molar-refractivity contribution in [3.8, 4) is 33.4 Å². The minimum Gasteiger partial charge on any atom is -0.311 e. The van der Waals surface area contributed by atoms with E-state index in [1.165, 1.54) is 84.5 Å². The quantitative estimate of drug-likeness (QED) is 0.164. The molecule has 0 aliphatic carbocycles. The highest BCUT2D eigenvalue weighted by Gasteiger charge is 2.16. The molecule has 1 nitrogen and oxygen atoms in total. The highest BCUT2D eigenvalue weighted by Crippen LogP contribution is 2.43. The summed E-state index contributed by atoms with van der Waals surface area (Å²) in [4.78, 5) is 2.36. The van der Waals surface area contributed by atoms with E-state index in [1.807, 2.05) is 22.7 Å². The first-order chi connectivity index (χ1) is 27.2. The lowest BCUT2D eigenvalue weighted by Gasteiger charge is -2.26. The van der Waals surface area contributed by atoms with E-state index >= 15 is 0 Å². The zero-order valence-corrected chi connectivity index (χ0v) is 31.4. The Hall–Kier alpha value is -6.52. The third-order valence-corrected chi connectivity index (χ3v) is 13.3. The molecule has 0 aliphatic heterocycles. The van der Waals surface area contributed by atoms with Crippen LogP contribution in [0.2, 0.25) is 0 Å². The van der Waals surface area contributed by atoms with E-state index in [-0.39, 0.29) is 0 Å². The zero-order valence-electron chi connectivity index (χ0n) is 29.8. The number of anilines is 3. The van der Waals surface area contributed by atoms with Crippen molar-refractivity contribution in [1.82, 2.24) is 0 Å². The Morgan fingerprint density at radius 1 is 0.291 bits per heavy atom. The van der Waals surface area contributed by atoms with Gasteiger partial charge in [-0.1, -0.05) is 152 Å². The van der Waals surface area contributed by atoms with E-state index in [9.17, 15) is 0 Å². The molecule has 2 heterocycles. The van der Waals surface area contributed by atoms with Crippen molar-refractivity contribution in [1.29, 1.82) is 0 Å². The maximum Gasteiger partial charge on any atom is 0.0462 e. The monoisotopic (exact) mass is 735 g/mol. The fraction of sp³-hybridized carbons (Fsp3) is 0. The molecule has 0 aliphatic rings. The molecule has 0 spiro atoms. The fourth-order valence-electron chi connectivity index (χ4n) is 8.13. The average molecular weight is 736 g/mol. The first kappa shape index (κ1) is 32.0. The molecule has 55 heavy (non-hydrogen) atoms. The maximum atomic E-state index is 2.36. The summed E-state index contributed by atoms with van der Waals surface area (Å²) in [6, 6.07) is 73.2. The van der Waals surface area contributed by atoms with Gasteiger partial charge in [0.15, 0.2) is 0 Å². The Labute approximate surface area is 327 Å². The SMILES string of the molecule is c1ccc(-c2ccc(N(c3ccc(-c4ccc5c(c4)sc4c6ccccc6ccc54)cc3)c3ccc(-c4cccc5c4sc4ccccc45)cc3)cc2)cc1. The molecule has 0 atom stereocenters.